The number of hydrogen-bond acceptors (Lipinski definition) is 3. The van der Waals surface area contributed by atoms with Gasteiger partial charge in [-0.15, -0.1) is 0 Å². The number of aryl methyl sites for hydroxylation is 1. The molecule has 0 bridgehead atoms. The van der Waals surface area contributed by atoms with E-state index in [1.165, 1.54) is 5.56 Å². The van der Waals surface area contributed by atoms with Crippen molar-refractivity contribution in [2.75, 3.05) is 11.9 Å². The van der Waals surface area contributed by atoms with Gasteiger partial charge in [0.15, 0.2) is 0 Å². The van der Waals surface area contributed by atoms with Gasteiger partial charge >= 0.3 is 0 Å². The van der Waals surface area contributed by atoms with Crippen LogP contribution in [-0.4, -0.2) is 18.6 Å². The lowest BCUT2D eigenvalue weighted by Crippen LogP contribution is -2.26. The second-order valence-electron chi connectivity index (χ2n) is 5.04. The van der Waals surface area contributed by atoms with Crippen LogP contribution in [0.25, 0.3) is 0 Å². The van der Waals surface area contributed by atoms with Crippen molar-refractivity contribution in [1.29, 1.82) is 0 Å². The fourth-order valence-electron chi connectivity index (χ4n) is 2.71. The molecule has 2 unspecified atom stereocenters. The molecule has 0 aromatic heterocycles. The number of carbonyl (C=O) groups excluding carboxylic acids is 1. The van der Waals surface area contributed by atoms with Crippen LogP contribution in [-0.2, 0) is 16.0 Å². The van der Waals surface area contributed by atoms with Crippen molar-refractivity contribution in [3.05, 3.63) is 29.3 Å². The molecule has 1 aromatic carbocycles. The summed E-state index contributed by atoms with van der Waals surface area (Å²) in [6.07, 6.45) is 3.63. The van der Waals surface area contributed by atoms with E-state index in [1.54, 1.807) is 0 Å². The van der Waals surface area contributed by atoms with E-state index in [2.05, 4.69) is 11.4 Å². The zero-order chi connectivity index (χ0) is 12.5. The Morgan fingerprint density at radius 3 is 3.06 bits per heavy atom. The van der Waals surface area contributed by atoms with Gasteiger partial charge in [0.1, 0.15) is 0 Å². The van der Waals surface area contributed by atoms with E-state index in [-0.39, 0.29) is 18.1 Å². The standard InChI is InChI=1S/C14H18N2O2/c15-14(12-2-1-7-18-12)10-3-5-11-9(8-10)4-6-13(17)16-11/h3,5,8,12,14H,1-2,4,6-7,15H2,(H,16,17). The Bertz CT molecular complexity index is 467. The van der Waals surface area contributed by atoms with Crippen LogP contribution in [0.2, 0.25) is 0 Å². The van der Waals surface area contributed by atoms with Crippen LogP contribution in [0.15, 0.2) is 18.2 Å². The molecular formula is C14H18N2O2. The molecule has 4 heteroatoms. The molecule has 1 fully saturated rings. The Kier molecular flexibility index (Phi) is 3.06. The van der Waals surface area contributed by atoms with E-state index < -0.39 is 0 Å². The summed E-state index contributed by atoms with van der Waals surface area (Å²) in [6, 6.07) is 6.00. The summed E-state index contributed by atoms with van der Waals surface area (Å²) in [4.78, 5) is 11.3. The van der Waals surface area contributed by atoms with Crippen LogP contribution in [0, 0.1) is 0 Å². The van der Waals surface area contributed by atoms with Gasteiger partial charge < -0.3 is 15.8 Å². The fraction of sp³-hybridized carbons (Fsp3) is 0.500. The molecule has 2 atom stereocenters. The van der Waals surface area contributed by atoms with Crippen LogP contribution >= 0.6 is 0 Å². The van der Waals surface area contributed by atoms with Crippen LogP contribution in [0.4, 0.5) is 5.69 Å². The summed E-state index contributed by atoms with van der Waals surface area (Å²) in [5.41, 5.74) is 9.46. The van der Waals surface area contributed by atoms with Crippen LogP contribution < -0.4 is 11.1 Å². The molecular weight excluding hydrogens is 228 g/mol. The Balaban J connectivity index is 1.83. The Labute approximate surface area is 107 Å². The first-order valence-corrected chi connectivity index (χ1v) is 6.54. The van der Waals surface area contributed by atoms with Gasteiger partial charge in [0.05, 0.1) is 12.1 Å². The maximum atomic E-state index is 11.3. The lowest BCUT2D eigenvalue weighted by Gasteiger charge is -2.22. The highest BCUT2D eigenvalue weighted by molar-refractivity contribution is 5.93. The number of ether oxygens (including phenoxy) is 1. The third-order valence-electron chi connectivity index (χ3n) is 3.78. The predicted octanol–water partition coefficient (Wildman–Crippen LogP) is 1.75. The van der Waals surface area contributed by atoms with Gasteiger partial charge in [0.2, 0.25) is 5.91 Å². The van der Waals surface area contributed by atoms with E-state index in [0.29, 0.717) is 6.42 Å². The minimum absolute atomic E-state index is 0.0598. The normalized spacial score (nSPS) is 24.5. The molecule has 1 amide bonds. The molecule has 4 nitrogen and oxygen atoms in total. The second-order valence-corrected chi connectivity index (χ2v) is 5.04. The molecule has 1 saturated heterocycles. The molecule has 2 heterocycles. The van der Waals surface area contributed by atoms with Crippen molar-refractivity contribution in [2.45, 2.75) is 37.8 Å². The third-order valence-corrected chi connectivity index (χ3v) is 3.78. The quantitative estimate of drug-likeness (QED) is 0.835. The summed E-state index contributed by atoms with van der Waals surface area (Å²) in [7, 11) is 0. The van der Waals surface area contributed by atoms with Crippen molar-refractivity contribution < 1.29 is 9.53 Å². The van der Waals surface area contributed by atoms with E-state index in [9.17, 15) is 4.79 Å². The number of carbonyl (C=O) groups is 1. The molecule has 2 aliphatic heterocycles. The van der Waals surface area contributed by atoms with Gasteiger partial charge in [-0.05, 0) is 36.5 Å². The number of nitrogens with one attached hydrogen (secondary N) is 1. The summed E-state index contributed by atoms with van der Waals surface area (Å²) >= 11 is 0. The highest BCUT2D eigenvalue weighted by Crippen LogP contribution is 2.29. The van der Waals surface area contributed by atoms with Gasteiger partial charge in [-0.3, -0.25) is 4.79 Å². The Morgan fingerprint density at radius 2 is 2.28 bits per heavy atom. The summed E-state index contributed by atoms with van der Waals surface area (Å²) in [5.74, 6) is 0.0960. The van der Waals surface area contributed by atoms with Gasteiger partial charge in [-0.1, -0.05) is 12.1 Å². The minimum Gasteiger partial charge on any atom is -0.376 e. The molecule has 18 heavy (non-hydrogen) atoms. The van der Waals surface area contributed by atoms with Crippen molar-refractivity contribution in [2.24, 2.45) is 5.73 Å². The zero-order valence-corrected chi connectivity index (χ0v) is 10.3. The van der Waals surface area contributed by atoms with Crippen LogP contribution in [0.1, 0.15) is 36.4 Å². The van der Waals surface area contributed by atoms with Gasteiger partial charge in [-0.2, -0.15) is 0 Å². The van der Waals surface area contributed by atoms with Crippen LogP contribution in [0.3, 0.4) is 0 Å². The largest absolute Gasteiger partial charge is 0.376 e. The molecule has 0 spiro atoms. The number of fused-ring (bicyclic) bond motifs is 1. The van der Waals surface area contributed by atoms with Gasteiger partial charge in [-0.25, -0.2) is 0 Å². The van der Waals surface area contributed by atoms with Gasteiger partial charge in [0, 0.05) is 18.7 Å². The second kappa shape index (κ2) is 4.71. The lowest BCUT2D eigenvalue weighted by atomic mass is 9.94. The van der Waals surface area contributed by atoms with Crippen LogP contribution in [0.5, 0.6) is 0 Å². The van der Waals surface area contributed by atoms with E-state index in [0.717, 1.165) is 37.1 Å². The average Bonchev–Trinajstić information content (AvgIpc) is 2.91. The van der Waals surface area contributed by atoms with Crippen molar-refractivity contribution in [3.63, 3.8) is 0 Å². The molecule has 1 aromatic rings. The molecule has 2 aliphatic rings. The third kappa shape index (κ3) is 2.13. The molecule has 96 valence electrons. The predicted molar refractivity (Wildman–Crippen MR) is 69.3 cm³/mol. The number of rotatable bonds is 2. The Hall–Kier alpha value is -1.39. The smallest absolute Gasteiger partial charge is 0.224 e. The zero-order valence-electron chi connectivity index (χ0n) is 10.3. The monoisotopic (exact) mass is 246 g/mol. The van der Waals surface area contributed by atoms with E-state index in [4.69, 9.17) is 10.5 Å². The molecule has 3 N–H and O–H groups in total. The number of amides is 1. The first kappa shape index (κ1) is 11.7. The van der Waals surface area contributed by atoms with E-state index in [1.807, 2.05) is 12.1 Å². The molecule has 0 radical (unpaired) electrons. The number of hydrogen-bond donors (Lipinski definition) is 2. The molecule has 0 saturated carbocycles. The first-order valence-electron chi connectivity index (χ1n) is 6.54. The van der Waals surface area contributed by atoms with Crippen molar-refractivity contribution in [3.8, 4) is 0 Å². The van der Waals surface area contributed by atoms with Gasteiger partial charge in [0.25, 0.3) is 0 Å². The van der Waals surface area contributed by atoms with E-state index >= 15 is 0 Å². The first-order chi connectivity index (χ1) is 8.74. The number of anilines is 1. The highest BCUT2D eigenvalue weighted by atomic mass is 16.5. The lowest BCUT2D eigenvalue weighted by molar-refractivity contribution is -0.116. The minimum atomic E-state index is -0.0598. The van der Waals surface area contributed by atoms with Crippen molar-refractivity contribution in [1.82, 2.24) is 0 Å². The topological polar surface area (TPSA) is 64.4 Å². The SMILES string of the molecule is NC(c1ccc2c(c1)CCC(=O)N2)C1CCCO1. The highest BCUT2D eigenvalue weighted by Gasteiger charge is 2.25. The Morgan fingerprint density at radius 1 is 1.39 bits per heavy atom. The summed E-state index contributed by atoms with van der Waals surface area (Å²) < 4.78 is 5.64. The summed E-state index contributed by atoms with van der Waals surface area (Å²) in [6.45, 7) is 0.819. The van der Waals surface area contributed by atoms with Crippen molar-refractivity contribution >= 4 is 11.6 Å². The number of nitrogens with two attached hydrogens (primary N) is 1. The maximum absolute atomic E-state index is 11.3. The molecule has 0 aliphatic carbocycles. The summed E-state index contributed by atoms with van der Waals surface area (Å²) in [5, 5.41) is 2.88. The number of benzene rings is 1. The fourth-order valence-corrected chi connectivity index (χ4v) is 2.71. The molecule has 3 rings (SSSR count). The average molecular weight is 246 g/mol. The maximum Gasteiger partial charge on any atom is 0.224 e.